The fourth-order valence-electron chi connectivity index (χ4n) is 4.63. The zero-order chi connectivity index (χ0) is 24.3. The van der Waals surface area contributed by atoms with Crippen LogP contribution in [0.3, 0.4) is 0 Å². The summed E-state index contributed by atoms with van der Waals surface area (Å²) in [5, 5.41) is 5.51. The van der Waals surface area contributed by atoms with Gasteiger partial charge in [-0.2, -0.15) is 0 Å². The zero-order valence-corrected chi connectivity index (χ0v) is 20.2. The lowest BCUT2D eigenvalue weighted by molar-refractivity contribution is -0.216. The first-order valence-corrected chi connectivity index (χ1v) is 11.8. The molecule has 3 aliphatic rings. The number of piperidine rings is 1. The van der Waals surface area contributed by atoms with E-state index in [9.17, 15) is 9.59 Å². The van der Waals surface area contributed by atoms with E-state index in [1.165, 1.54) is 7.05 Å². The van der Waals surface area contributed by atoms with Crippen LogP contribution in [-0.2, 0) is 30.3 Å². The molecule has 2 amide bonds. The van der Waals surface area contributed by atoms with E-state index in [-0.39, 0.29) is 18.2 Å². The van der Waals surface area contributed by atoms with Crippen molar-refractivity contribution in [1.82, 2.24) is 15.5 Å². The van der Waals surface area contributed by atoms with Gasteiger partial charge in [-0.1, -0.05) is 30.3 Å². The highest BCUT2D eigenvalue weighted by Gasteiger charge is 2.56. The number of carbonyl (C=O) groups is 2. The summed E-state index contributed by atoms with van der Waals surface area (Å²) in [4.78, 5) is 26.5. The van der Waals surface area contributed by atoms with Gasteiger partial charge < -0.3 is 39.2 Å². The summed E-state index contributed by atoms with van der Waals surface area (Å²) in [7, 11) is 1.52. The monoisotopic (exact) mass is 477 g/mol. The van der Waals surface area contributed by atoms with Crippen LogP contribution in [0.2, 0.25) is 0 Å². The average Bonchev–Trinajstić information content (AvgIpc) is 3.26. The molecule has 3 aliphatic heterocycles. The molecule has 3 fully saturated rings. The Morgan fingerprint density at radius 1 is 1.09 bits per heavy atom. The van der Waals surface area contributed by atoms with Crippen LogP contribution in [0.5, 0.6) is 0 Å². The van der Waals surface area contributed by atoms with Gasteiger partial charge in [-0.15, -0.1) is 0 Å². The lowest BCUT2D eigenvalue weighted by Gasteiger charge is -2.40. The Bertz CT molecular complexity index is 857. The Balaban J connectivity index is 1.27. The molecule has 10 heteroatoms. The van der Waals surface area contributed by atoms with Crippen LogP contribution in [0.15, 0.2) is 30.3 Å². The second-order valence-electron chi connectivity index (χ2n) is 9.81. The van der Waals surface area contributed by atoms with Crippen LogP contribution < -0.4 is 10.6 Å². The highest BCUT2D eigenvalue weighted by atomic mass is 16.8. The molecule has 34 heavy (non-hydrogen) atoms. The van der Waals surface area contributed by atoms with E-state index in [0.717, 1.165) is 31.5 Å². The molecule has 4 rings (SSSR count). The largest absolute Gasteiger partial charge is 0.445 e. The van der Waals surface area contributed by atoms with Crippen LogP contribution in [0, 0.1) is 0 Å². The molecule has 0 unspecified atom stereocenters. The summed E-state index contributed by atoms with van der Waals surface area (Å²) in [5.74, 6) is -0.793. The summed E-state index contributed by atoms with van der Waals surface area (Å²) < 4.78 is 28.9. The van der Waals surface area contributed by atoms with Crippen molar-refractivity contribution in [3.63, 3.8) is 0 Å². The summed E-state index contributed by atoms with van der Waals surface area (Å²) in [6.45, 7) is 7.97. The van der Waals surface area contributed by atoms with Crippen LogP contribution in [0.25, 0.3) is 0 Å². The van der Waals surface area contributed by atoms with Crippen molar-refractivity contribution in [1.29, 1.82) is 0 Å². The smallest absolute Gasteiger partial charge is 0.407 e. The number of ether oxygens (including phenoxy) is 5. The lowest BCUT2D eigenvalue weighted by Crippen LogP contribution is -2.55. The normalized spacial score (nSPS) is 29.8. The quantitative estimate of drug-likeness (QED) is 0.643. The first-order valence-electron chi connectivity index (χ1n) is 11.8. The minimum absolute atomic E-state index is 0.240. The Morgan fingerprint density at radius 2 is 1.79 bits per heavy atom. The van der Waals surface area contributed by atoms with Crippen LogP contribution in [0.4, 0.5) is 9.59 Å². The number of benzene rings is 1. The molecule has 0 aromatic heterocycles. The van der Waals surface area contributed by atoms with E-state index < -0.39 is 36.5 Å². The van der Waals surface area contributed by atoms with E-state index in [2.05, 4.69) is 15.5 Å². The number of carbonyl (C=O) groups excluding carboxylic acids is 2. The second-order valence-corrected chi connectivity index (χ2v) is 9.81. The number of hydrogen-bond acceptors (Lipinski definition) is 8. The SMILES string of the molecule is CNC(=O)O[C@@H]1[C@H]2OC(C)(C)O[C@H]2O[C@@H]1CN1CCC(C)(NC(=O)OCc2ccccc2)CC1. The van der Waals surface area contributed by atoms with Gasteiger partial charge in [0.1, 0.15) is 12.7 Å². The standard InChI is InChI=1S/C24H35N3O7/c1-23(2)33-19-18(32-21(28)25-4)17(31-20(19)34-23)14-27-12-10-24(3,11-13-27)26-22(29)30-15-16-8-6-5-7-9-16/h5-9,17-20H,10-15H2,1-4H3,(H,25,28)(H,26,29)/t17-,18+,19-,20-/m1/s1. The number of amides is 2. The van der Waals surface area contributed by atoms with Gasteiger partial charge in [0.2, 0.25) is 0 Å². The van der Waals surface area contributed by atoms with Crippen LogP contribution >= 0.6 is 0 Å². The molecule has 0 bridgehead atoms. The predicted octanol–water partition coefficient (Wildman–Crippen LogP) is 2.37. The van der Waals surface area contributed by atoms with Gasteiger partial charge in [0, 0.05) is 32.2 Å². The van der Waals surface area contributed by atoms with E-state index in [4.69, 9.17) is 23.7 Å². The molecule has 0 aliphatic carbocycles. The van der Waals surface area contributed by atoms with Gasteiger partial charge in [-0.3, -0.25) is 0 Å². The number of hydrogen-bond donors (Lipinski definition) is 2. The Kier molecular flexibility index (Phi) is 7.32. The predicted molar refractivity (Wildman–Crippen MR) is 122 cm³/mol. The van der Waals surface area contributed by atoms with Crippen molar-refractivity contribution in [2.75, 3.05) is 26.7 Å². The Labute approximate surface area is 200 Å². The summed E-state index contributed by atoms with van der Waals surface area (Å²) >= 11 is 0. The number of fused-ring (bicyclic) bond motifs is 1. The number of alkyl carbamates (subject to hydrolysis) is 2. The van der Waals surface area contributed by atoms with E-state index in [1.807, 2.05) is 51.1 Å². The molecule has 188 valence electrons. The fraction of sp³-hybridized carbons (Fsp3) is 0.667. The maximum atomic E-state index is 12.3. The molecule has 1 aromatic rings. The van der Waals surface area contributed by atoms with Gasteiger partial charge in [-0.05, 0) is 39.2 Å². The van der Waals surface area contributed by atoms with Crippen molar-refractivity contribution < 1.29 is 33.3 Å². The molecule has 0 radical (unpaired) electrons. The lowest BCUT2D eigenvalue weighted by atomic mass is 9.89. The summed E-state index contributed by atoms with van der Waals surface area (Å²) in [6, 6.07) is 9.60. The third-order valence-electron chi connectivity index (χ3n) is 6.55. The first-order chi connectivity index (χ1) is 16.2. The molecular formula is C24H35N3O7. The van der Waals surface area contributed by atoms with Crippen molar-refractivity contribution in [3.8, 4) is 0 Å². The van der Waals surface area contributed by atoms with Crippen LogP contribution in [0.1, 0.15) is 39.2 Å². The molecular weight excluding hydrogens is 442 g/mol. The third kappa shape index (κ3) is 5.99. The van der Waals surface area contributed by atoms with Crippen molar-refractivity contribution in [2.24, 2.45) is 0 Å². The highest BCUT2D eigenvalue weighted by Crippen LogP contribution is 2.39. The Morgan fingerprint density at radius 3 is 2.47 bits per heavy atom. The van der Waals surface area contributed by atoms with Gasteiger partial charge in [0.05, 0.1) is 0 Å². The van der Waals surface area contributed by atoms with Crippen molar-refractivity contribution >= 4 is 12.2 Å². The average molecular weight is 478 g/mol. The van der Waals surface area contributed by atoms with Gasteiger partial charge in [-0.25, -0.2) is 9.59 Å². The molecule has 3 heterocycles. The fourth-order valence-corrected chi connectivity index (χ4v) is 4.63. The zero-order valence-electron chi connectivity index (χ0n) is 20.2. The molecule has 2 N–H and O–H groups in total. The maximum Gasteiger partial charge on any atom is 0.407 e. The Hall–Kier alpha value is -2.40. The maximum absolute atomic E-state index is 12.3. The molecule has 3 saturated heterocycles. The minimum Gasteiger partial charge on any atom is -0.445 e. The second kappa shape index (κ2) is 10.1. The molecule has 1 aromatic carbocycles. The number of nitrogens with zero attached hydrogens (tertiary/aromatic N) is 1. The van der Waals surface area contributed by atoms with E-state index in [0.29, 0.717) is 6.54 Å². The number of rotatable bonds is 6. The van der Waals surface area contributed by atoms with Gasteiger partial charge in [0.25, 0.3) is 0 Å². The first kappa shape index (κ1) is 24.7. The molecule has 0 saturated carbocycles. The number of likely N-dealkylation sites (tertiary alicyclic amines) is 1. The highest BCUT2D eigenvalue weighted by molar-refractivity contribution is 5.68. The molecule has 10 nitrogen and oxygen atoms in total. The third-order valence-corrected chi connectivity index (χ3v) is 6.55. The van der Waals surface area contributed by atoms with Gasteiger partial charge >= 0.3 is 12.2 Å². The minimum atomic E-state index is -0.793. The van der Waals surface area contributed by atoms with Crippen molar-refractivity contribution in [2.45, 2.75) is 76.1 Å². The number of nitrogens with one attached hydrogen (secondary N) is 2. The molecule has 4 atom stereocenters. The molecule has 0 spiro atoms. The van der Waals surface area contributed by atoms with Crippen molar-refractivity contribution in [3.05, 3.63) is 35.9 Å². The summed E-state index contributed by atoms with van der Waals surface area (Å²) in [6.07, 6.45) is -1.44. The van der Waals surface area contributed by atoms with E-state index in [1.54, 1.807) is 0 Å². The summed E-state index contributed by atoms with van der Waals surface area (Å²) in [5.41, 5.74) is 0.592. The van der Waals surface area contributed by atoms with Gasteiger partial charge in [0.15, 0.2) is 24.3 Å². The van der Waals surface area contributed by atoms with Crippen LogP contribution in [-0.4, -0.2) is 79.7 Å². The topological polar surface area (TPSA) is 108 Å². The van der Waals surface area contributed by atoms with E-state index >= 15 is 0 Å².